The Kier molecular flexibility index (Phi) is 2.41. The zero-order valence-electron chi connectivity index (χ0n) is 9.83. The number of aromatic hydroxyl groups is 1. The third-order valence-corrected chi connectivity index (χ3v) is 3.03. The molecule has 0 spiro atoms. The first kappa shape index (κ1) is 11.5. The first-order valence-electron chi connectivity index (χ1n) is 5.82. The molecule has 0 aromatic carbocycles. The Morgan fingerprint density at radius 3 is 2.89 bits per heavy atom. The molecule has 3 N–H and O–H groups in total. The van der Waals surface area contributed by atoms with Gasteiger partial charge in [-0.25, -0.2) is 4.98 Å². The van der Waals surface area contributed by atoms with E-state index < -0.39 is 22.8 Å². The topological polar surface area (TPSA) is 104 Å². The quantitative estimate of drug-likeness (QED) is 0.671. The van der Waals surface area contributed by atoms with Crippen LogP contribution in [-0.2, 0) is 0 Å². The van der Waals surface area contributed by atoms with Crippen LogP contribution in [0, 0.1) is 0 Å². The smallest absolute Gasteiger partial charge is 0.301 e. The number of fused-ring (bicyclic) bond motifs is 1. The lowest BCUT2D eigenvalue weighted by Crippen LogP contribution is -2.34. The molecule has 0 atom stereocenters. The normalized spacial score (nSPS) is 14.5. The Morgan fingerprint density at radius 2 is 2.21 bits per heavy atom. The summed E-state index contributed by atoms with van der Waals surface area (Å²) in [5.41, 5.74) is -1.54. The van der Waals surface area contributed by atoms with E-state index in [1.165, 1.54) is 18.3 Å². The molecule has 2 aromatic rings. The lowest BCUT2D eigenvalue weighted by molar-refractivity contribution is 0.0940. The molecule has 98 valence electrons. The number of nitrogens with zero attached hydrogens (tertiary/aromatic N) is 2. The molecule has 0 aliphatic heterocycles. The number of hydrogen-bond acceptors (Lipinski definition) is 5. The number of aromatic nitrogens is 2. The summed E-state index contributed by atoms with van der Waals surface area (Å²) in [4.78, 5) is 27.6. The van der Waals surface area contributed by atoms with Crippen LogP contribution in [0.4, 0.5) is 0 Å². The maximum Gasteiger partial charge on any atom is 0.301 e. The standard InChI is InChI=1S/C12H11N3O4/c16-9-7-2-1-5-13-10(7)15(19)12(18)8(9)11(17)14-6-3-4-6/h1-2,5-6,16,19H,3-4H2,(H,14,17). The average molecular weight is 261 g/mol. The maximum absolute atomic E-state index is 11.9. The minimum Gasteiger partial charge on any atom is -0.506 e. The largest absolute Gasteiger partial charge is 0.506 e. The van der Waals surface area contributed by atoms with E-state index in [2.05, 4.69) is 10.3 Å². The van der Waals surface area contributed by atoms with Crippen molar-refractivity contribution in [2.75, 3.05) is 0 Å². The van der Waals surface area contributed by atoms with Gasteiger partial charge in [-0.15, -0.1) is 4.73 Å². The van der Waals surface area contributed by atoms with Crippen molar-refractivity contribution >= 4 is 16.9 Å². The van der Waals surface area contributed by atoms with Gasteiger partial charge in [-0.05, 0) is 25.0 Å². The van der Waals surface area contributed by atoms with Crippen LogP contribution in [0.2, 0.25) is 0 Å². The van der Waals surface area contributed by atoms with Crippen molar-refractivity contribution < 1.29 is 15.1 Å². The van der Waals surface area contributed by atoms with E-state index in [1.54, 1.807) is 0 Å². The zero-order valence-corrected chi connectivity index (χ0v) is 9.83. The van der Waals surface area contributed by atoms with Crippen LogP contribution in [-0.4, -0.2) is 32.0 Å². The highest BCUT2D eigenvalue weighted by Gasteiger charge is 2.28. The number of pyridine rings is 2. The van der Waals surface area contributed by atoms with Crippen molar-refractivity contribution in [1.82, 2.24) is 15.0 Å². The maximum atomic E-state index is 11.9. The summed E-state index contributed by atoms with van der Waals surface area (Å²) in [5.74, 6) is -1.14. The predicted octanol–water partition coefficient (Wildman–Crippen LogP) is 0.232. The highest BCUT2D eigenvalue weighted by Crippen LogP contribution is 2.25. The van der Waals surface area contributed by atoms with E-state index >= 15 is 0 Å². The molecule has 1 saturated carbocycles. The van der Waals surface area contributed by atoms with Gasteiger partial charge in [-0.3, -0.25) is 9.59 Å². The van der Waals surface area contributed by atoms with Gasteiger partial charge in [-0.1, -0.05) is 0 Å². The van der Waals surface area contributed by atoms with Gasteiger partial charge in [0.15, 0.2) is 11.2 Å². The molecule has 0 bridgehead atoms. The summed E-state index contributed by atoms with van der Waals surface area (Å²) in [6, 6.07) is 3.05. The Morgan fingerprint density at radius 1 is 1.47 bits per heavy atom. The summed E-state index contributed by atoms with van der Waals surface area (Å²) in [6.45, 7) is 0. The van der Waals surface area contributed by atoms with Crippen LogP contribution in [0.3, 0.4) is 0 Å². The number of amides is 1. The lowest BCUT2D eigenvalue weighted by atomic mass is 10.1. The Labute approximate surface area is 107 Å². The van der Waals surface area contributed by atoms with Crippen LogP contribution in [0.25, 0.3) is 11.0 Å². The number of nitrogens with one attached hydrogen (secondary N) is 1. The van der Waals surface area contributed by atoms with E-state index in [4.69, 9.17) is 0 Å². The molecule has 1 fully saturated rings. The molecule has 2 aromatic heterocycles. The molecule has 3 rings (SSSR count). The molecule has 0 radical (unpaired) electrons. The summed E-state index contributed by atoms with van der Waals surface area (Å²) >= 11 is 0. The number of hydrogen-bond donors (Lipinski definition) is 3. The van der Waals surface area contributed by atoms with Crippen LogP contribution in [0.1, 0.15) is 23.2 Å². The predicted molar refractivity (Wildman–Crippen MR) is 65.3 cm³/mol. The third kappa shape index (κ3) is 1.79. The summed E-state index contributed by atoms with van der Waals surface area (Å²) in [7, 11) is 0. The van der Waals surface area contributed by atoms with Crippen LogP contribution >= 0.6 is 0 Å². The first-order valence-corrected chi connectivity index (χ1v) is 5.82. The van der Waals surface area contributed by atoms with E-state index in [1.807, 2.05) is 0 Å². The van der Waals surface area contributed by atoms with Crippen LogP contribution in [0.15, 0.2) is 23.1 Å². The van der Waals surface area contributed by atoms with Gasteiger partial charge >= 0.3 is 5.56 Å². The molecule has 19 heavy (non-hydrogen) atoms. The fraction of sp³-hybridized carbons (Fsp3) is 0.250. The van der Waals surface area contributed by atoms with Crippen molar-refractivity contribution in [3.8, 4) is 5.75 Å². The lowest BCUT2D eigenvalue weighted by Gasteiger charge is -2.09. The average Bonchev–Trinajstić information content (AvgIpc) is 3.20. The Balaban J connectivity index is 2.23. The summed E-state index contributed by atoms with van der Waals surface area (Å²) in [5, 5.41) is 22.5. The van der Waals surface area contributed by atoms with Crippen molar-refractivity contribution in [3.05, 3.63) is 34.2 Å². The molecule has 2 heterocycles. The number of rotatable bonds is 2. The van der Waals surface area contributed by atoms with Crippen molar-refractivity contribution in [1.29, 1.82) is 0 Å². The molecule has 7 heteroatoms. The van der Waals surface area contributed by atoms with E-state index in [0.29, 0.717) is 0 Å². The van der Waals surface area contributed by atoms with Crippen LogP contribution < -0.4 is 10.9 Å². The fourth-order valence-electron chi connectivity index (χ4n) is 1.88. The third-order valence-electron chi connectivity index (χ3n) is 3.03. The van der Waals surface area contributed by atoms with Crippen molar-refractivity contribution in [3.63, 3.8) is 0 Å². The van der Waals surface area contributed by atoms with Gasteiger partial charge in [0.05, 0.1) is 5.39 Å². The second-order valence-electron chi connectivity index (χ2n) is 4.46. The van der Waals surface area contributed by atoms with Crippen molar-refractivity contribution in [2.24, 2.45) is 0 Å². The second kappa shape index (κ2) is 3.98. The molecule has 1 aliphatic rings. The van der Waals surface area contributed by atoms with Gasteiger partial charge in [0.25, 0.3) is 5.91 Å². The van der Waals surface area contributed by atoms with Crippen molar-refractivity contribution in [2.45, 2.75) is 18.9 Å². The Bertz CT molecular complexity index is 734. The van der Waals surface area contributed by atoms with E-state index in [9.17, 15) is 19.9 Å². The minimum absolute atomic E-state index is 0.0445. The van der Waals surface area contributed by atoms with Gasteiger partial charge in [0.2, 0.25) is 0 Å². The molecule has 0 unspecified atom stereocenters. The molecule has 1 aliphatic carbocycles. The Hall–Kier alpha value is -2.57. The first-order chi connectivity index (χ1) is 9.09. The van der Waals surface area contributed by atoms with E-state index in [0.717, 1.165) is 12.8 Å². The fourth-order valence-corrected chi connectivity index (χ4v) is 1.88. The molecular formula is C12H11N3O4. The van der Waals surface area contributed by atoms with Crippen LogP contribution in [0.5, 0.6) is 5.75 Å². The number of carbonyl (C=O) groups is 1. The second-order valence-corrected chi connectivity index (χ2v) is 4.46. The molecular weight excluding hydrogens is 250 g/mol. The molecule has 0 saturated heterocycles. The molecule has 1 amide bonds. The van der Waals surface area contributed by atoms with Gasteiger partial charge in [0, 0.05) is 12.2 Å². The minimum atomic E-state index is -0.984. The van der Waals surface area contributed by atoms with Gasteiger partial charge in [0.1, 0.15) is 5.75 Å². The molecule has 7 nitrogen and oxygen atoms in total. The monoisotopic (exact) mass is 261 g/mol. The van der Waals surface area contributed by atoms with Gasteiger partial charge in [-0.2, -0.15) is 0 Å². The highest BCUT2D eigenvalue weighted by molar-refractivity contribution is 6.01. The van der Waals surface area contributed by atoms with E-state index in [-0.39, 0.29) is 21.8 Å². The van der Waals surface area contributed by atoms with Gasteiger partial charge < -0.3 is 15.6 Å². The summed E-state index contributed by atoms with van der Waals surface area (Å²) in [6.07, 6.45) is 3.09. The zero-order chi connectivity index (χ0) is 13.6. The highest BCUT2D eigenvalue weighted by atomic mass is 16.5. The SMILES string of the molecule is O=C(NC1CC1)c1c(O)c2cccnc2n(O)c1=O. The number of carbonyl (C=O) groups excluding carboxylic acids is 1. The summed E-state index contributed by atoms with van der Waals surface area (Å²) < 4.78 is 0.275.